The summed E-state index contributed by atoms with van der Waals surface area (Å²) >= 11 is 0. The summed E-state index contributed by atoms with van der Waals surface area (Å²) in [4.78, 5) is 28.0. The van der Waals surface area contributed by atoms with Gasteiger partial charge in [-0.15, -0.1) is 0 Å². The topological polar surface area (TPSA) is 93.7 Å². The van der Waals surface area contributed by atoms with Gasteiger partial charge in [0.1, 0.15) is 5.60 Å². The molecule has 0 saturated carbocycles. The quantitative estimate of drug-likeness (QED) is 0.835. The molecule has 8 heteroatoms. The van der Waals surface area contributed by atoms with Gasteiger partial charge in [0.2, 0.25) is 0 Å². The molecule has 1 aliphatic heterocycles. The van der Waals surface area contributed by atoms with Gasteiger partial charge in [-0.3, -0.25) is 9.48 Å². The summed E-state index contributed by atoms with van der Waals surface area (Å²) in [7, 11) is 1.72. The predicted octanol–water partition coefficient (Wildman–Crippen LogP) is 1.09. The van der Waals surface area contributed by atoms with Crippen LogP contribution in [0.2, 0.25) is 0 Å². The summed E-state index contributed by atoms with van der Waals surface area (Å²) < 4.78 is 6.90. The smallest absolute Gasteiger partial charge is 0.410 e. The lowest BCUT2D eigenvalue weighted by atomic mass is 10.2. The van der Waals surface area contributed by atoms with E-state index < -0.39 is 5.60 Å². The van der Waals surface area contributed by atoms with E-state index in [1.54, 1.807) is 23.0 Å². The van der Waals surface area contributed by atoms with Gasteiger partial charge in [0.15, 0.2) is 5.69 Å². The van der Waals surface area contributed by atoms with Crippen LogP contribution in [0.3, 0.4) is 0 Å². The van der Waals surface area contributed by atoms with Gasteiger partial charge in [0, 0.05) is 39.4 Å². The molecule has 0 aliphatic carbocycles. The Balaban J connectivity index is 2.00. The molecule has 0 atom stereocenters. The molecule has 23 heavy (non-hydrogen) atoms. The lowest BCUT2D eigenvalue weighted by Crippen LogP contribution is -2.40. The van der Waals surface area contributed by atoms with Gasteiger partial charge in [-0.2, -0.15) is 5.10 Å². The van der Waals surface area contributed by atoms with E-state index in [9.17, 15) is 9.59 Å². The van der Waals surface area contributed by atoms with E-state index in [1.165, 1.54) is 4.68 Å². The highest BCUT2D eigenvalue weighted by molar-refractivity contribution is 5.97. The minimum Gasteiger partial charge on any atom is -0.444 e. The van der Waals surface area contributed by atoms with Crippen molar-refractivity contribution in [3.63, 3.8) is 0 Å². The molecular weight excluding hydrogens is 298 g/mol. The van der Waals surface area contributed by atoms with Crippen LogP contribution in [0, 0.1) is 0 Å². The van der Waals surface area contributed by atoms with E-state index in [4.69, 9.17) is 10.5 Å². The van der Waals surface area contributed by atoms with Crippen molar-refractivity contribution in [1.82, 2.24) is 19.6 Å². The Hall–Kier alpha value is -2.25. The second-order valence-corrected chi connectivity index (χ2v) is 6.72. The molecule has 1 aromatic heterocycles. The number of hydrogen-bond acceptors (Lipinski definition) is 5. The van der Waals surface area contributed by atoms with Crippen molar-refractivity contribution < 1.29 is 14.3 Å². The summed E-state index contributed by atoms with van der Waals surface area (Å²) in [5, 5.41) is 4.11. The molecule has 2 heterocycles. The molecule has 2 N–H and O–H groups in total. The number of ether oxygens (including phenoxy) is 1. The largest absolute Gasteiger partial charge is 0.444 e. The van der Waals surface area contributed by atoms with Crippen molar-refractivity contribution in [1.29, 1.82) is 0 Å². The molecule has 8 nitrogen and oxygen atoms in total. The molecule has 0 spiro atoms. The summed E-state index contributed by atoms with van der Waals surface area (Å²) in [6, 6.07) is 0. The zero-order valence-electron chi connectivity index (χ0n) is 14.2. The maximum atomic E-state index is 12.5. The molecule has 0 radical (unpaired) electrons. The van der Waals surface area contributed by atoms with Crippen molar-refractivity contribution in [3.05, 3.63) is 11.9 Å². The van der Waals surface area contributed by atoms with E-state index in [0.29, 0.717) is 38.3 Å². The van der Waals surface area contributed by atoms with Crippen LogP contribution in [-0.4, -0.2) is 63.4 Å². The van der Waals surface area contributed by atoms with E-state index >= 15 is 0 Å². The lowest BCUT2D eigenvalue weighted by Gasteiger charge is -2.26. The van der Waals surface area contributed by atoms with Crippen molar-refractivity contribution in [2.24, 2.45) is 7.05 Å². The zero-order chi connectivity index (χ0) is 17.2. The Morgan fingerprint density at radius 1 is 1.17 bits per heavy atom. The number of anilines is 1. The predicted molar refractivity (Wildman–Crippen MR) is 85.9 cm³/mol. The number of nitrogens with two attached hydrogens (primary N) is 1. The van der Waals surface area contributed by atoms with Gasteiger partial charge in [-0.1, -0.05) is 0 Å². The van der Waals surface area contributed by atoms with Crippen LogP contribution in [-0.2, 0) is 11.8 Å². The van der Waals surface area contributed by atoms with Gasteiger partial charge < -0.3 is 20.3 Å². The van der Waals surface area contributed by atoms with Crippen LogP contribution in [0.15, 0.2) is 6.20 Å². The van der Waals surface area contributed by atoms with Crippen molar-refractivity contribution in [2.75, 3.05) is 31.9 Å². The fourth-order valence-electron chi connectivity index (χ4n) is 2.45. The molecule has 1 aromatic rings. The van der Waals surface area contributed by atoms with E-state index in [2.05, 4.69) is 5.10 Å². The van der Waals surface area contributed by atoms with Gasteiger partial charge in [-0.05, 0) is 27.2 Å². The number of hydrogen-bond donors (Lipinski definition) is 1. The van der Waals surface area contributed by atoms with Crippen LogP contribution in [0.25, 0.3) is 0 Å². The lowest BCUT2D eigenvalue weighted by molar-refractivity contribution is 0.0255. The number of carbonyl (C=O) groups excluding carboxylic acids is 2. The molecule has 0 aromatic carbocycles. The van der Waals surface area contributed by atoms with Crippen LogP contribution in [0.4, 0.5) is 10.5 Å². The van der Waals surface area contributed by atoms with Crippen LogP contribution in [0.1, 0.15) is 37.7 Å². The molecule has 128 valence electrons. The molecule has 1 aliphatic rings. The summed E-state index contributed by atoms with van der Waals surface area (Å²) in [6.07, 6.45) is 1.96. The van der Waals surface area contributed by atoms with E-state index in [-0.39, 0.29) is 17.7 Å². The Kier molecular flexibility index (Phi) is 4.82. The Morgan fingerprint density at radius 3 is 2.35 bits per heavy atom. The summed E-state index contributed by atoms with van der Waals surface area (Å²) in [5.74, 6) is -0.200. The number of nitrogen functional groups attached to an aromatic ring is 1. The SMILES string of the molecule is Cn1cc(N)c(C(=O)N2CCCN(C(=O)OC(C)(C)C)CC2)n1. The first-order chi connectivity index (χ1) is 10.7. The first-order valence-corrected chi connectivity index (χ1v) is 7.73. The highest BCUT2D eigenvalue weighted by atomic mass is 16.6. The number of amides is 2. The van der Waals surface area contributed by atoms with E-state index in [1.807, 2.05) is 20.8 Å². The Morgan fingerprint density at radius 2 is 1.78 bits per heavy atom. The van der Waals surface area contributed by atoms with Gasteiger partial charge in [0.05, 0.1) is 5.69 Å². The maximum Gasteiger partial charge on any atom is 0.410 e. The number of rotatable bonds is 1. The molecule has 0 bridgehead atoms. The zero-order valence-corrected chi connectivity index (χ0v) is 14.2. The molecule has 0 unspecified atom stereocenters. The number of aryl methyl sites for hydroxylation is 1. The minimum absolute atomic E-state index is 0.200. The third-order valence-corrected chi connectivity index (χ3v) is 3.49. The average molecular weight is 323 g/mol. The highest BCUT2D eigenvalue weighted by Gasteiger charge is 2.27. The molecule has 2 rings (SSSR count). The van der Waals surface area contributed by atoms with E-state index in [0.717, 1.165) is 0 Å². The van der Waals surface area contributed by atoms with Crippen LogP contribution in [0.5, 0.6) is 0 Å². The van der Waals surface area contributed by atoms with Gasteiger partial charge in [0.25, 0.3) is 5.91 Å². The Labute approximate surface area is 136 Å². The monoisotopic (exact) mass is 323 g/mol. The minimum atomic E-state index is -0.526. The average Bonchev–Trinajstić information content (AvgIpc) is 2.64. The molecule has 1 saturated heterocycles. The maximum absolute atomic E-state index is 12.5. The van der Waals surface area contributed by atoms with Crippen molar-refractivity contribution >= 4 is 17.7 Å². The number of aromatic nitrogens is 2. The fraction of sp³-hybridized carbons (Fsp3) is 0.667. The molecule has 1 fully saturated rings. The first-order valence-electron chi connectivity index (χ1n) is 7.73. The summed E-state index contributed by atoms with van der Waals surface area (Å²) in [5.41, 5.74) is 5.92. The molecular formula is C15H25N5O3. The standard InChI is InChI=1S/C15H25N5O3/c1-15(2,3)23-14(22)20-7-5-6-19(8-9-20)13(21)12-11(16)10-18(4)17-12/h10H,5-9,16H2,1-4H3. The van der Waals surface area contributed by atoms with Crippen LogP contribution < -0.4 is 5.73 Å². The second-order valence-electron chi connectivity index (χ2n) is 6.72. The third-order valence-electron chi connectivity index (χ3n) is 3.49. The number of carbonyl (C=O) groups is 2. The van der Waals surface area contributed by atoms with Gasteiger partial charge >= 0.3 is 6.09 Å². The Bertz CT molecular complexity index is 590. The third kappa shape index (κ3) is 4.37. The number of nitrogens with zero attached hydrogens (tertiary/aromatic N) is 4. The van der Waals surface area contributed by atoms with Gasteiger partial charge in [-0.25, -0.2) is 4.79 Å². The highest BCUT2D eigenvalue weighted by Crippen LogP contribution is 2.15. The van der Waals surface area contributed by atoms with Crippen LogP contribution >= 0.6 is 0 Å². The fourth-order valence-corrected chi connectivity index (χ4v) is 2.45. The summed E-state index contributed by atoms with van der Waals surface area (Å²) in [6.45, 7) is 7.51. The molecule has 2 amide bonds. The second kappa shape index (κ2) is 6.47. The normalized spacial score (nSPS) is 16.2. The first kappa shape index (κ1) is 17.1. The van der Waals surface area contributed by atoms with Crippen molar-refractivity contribution in [3.8, 4) is 0 Å². The van der Waals surface area contributed by atoms with Crippen molar-refractivity contribution in [2.45, 2.75) is 32.8 Å².